The Kier molecular flexibility index (Phi) is 7.68. The van der Waals surface area contributed by atoms with Crippen LogP contribution in [0.4, 0.5) is 5.69 Å². The smallest absolute Gasteiger partial charge is 0.264 e. The van der Waals surface area contributed by atoms with Crippen molar-refractivity contribution in [2.45, 2.75) is 11.8 Å². The highest BCUT2D eigenvalue weighted by molar-refractivity contribution is 7.92. The van der Waals surface area contributed by atoms with E-state index in [1.54, 1.807) is 30.3 Å². The fourth-order valence-electron chi connectivity index (χ4n) is 3.01. The molecule has 0 unspecified atom stereocenters. The van der Waals surface area contributed by atoms with Crippen molar-refractivity contribution in [2.24, 2.45) is 5.10 Å². The quantitative estimate of drug-likeness (QED) is 0.384. The van der Waals surface area contributed by atoms with Gasteiger partial charge in [0.25, 0.3) is 15.9 Å². The molecule has 0 bridgehead atoms. The number of benzene rings is 3. The van der Waals surface area contributed by atoms with Crippen LogP contribution in [-0.4, -0.2) is 41.3 Å². The molecular formula is C24H25N3O5S. The number of aryl methyl sites for hydroxylation is 1. The van der Waals surface area contributed by atoms with Crippen molar-refractivity contribution in [1.29, 1.82) is 0 Å². The van der Waals surface area contributed by atoms with Crippen molar-refractivity contribution in [1.82, 2.24) is 5.43 Å². The van der Waals surface area contributed by atoms with E-state index in [-0.39, 0.29) is 16.3 Å². The summed E-state index contributed by atoms with van der Waals surface area (Å²) in [5.74, 6) is 0.0610. The van der Waals surface area contributed by atoms with E-state index < -0.39 is 22.5 Å². The van der Waals surface area contributed by atoms with Crippen molar-refractivity contribution in [2.75, 3.05) is 25.1 Å². The molecule has 1 N–H and O–H groups in total. The van der Waals surface area contributed by atoms with Crippen molar-refractivity contribution in [3.05, 3.63) is 83.9 Å². The highest BCUT2D eigenvalue weighted by atomic mass is 32.2. The topological polar surface area (TPSA) is 97.3 Å². The molecule has 9 heteroatoms. The summed E-state index contributed by atoms with van der Waals surface area (Å²) in [5, 5.41) is 3.95. The zero-order chi connectivity index (χ0) is 23.8. The van der Waals surface area contributed by atoms with E-state index in [1.165, 1.54) is 38.6 Å². The lowest BCUT2D eigenvalue weighted by Gasteiger charge is -2.25. The normalized spacial score (nSPS) is 11.2. The Morgan fingerprint density at radius 1 is 1.00 bits per heavy atom. The van der Waals surface area contributed by atoms with Gasteiger partial charge in [0.15, 0.2) is 0 Å². The fraction of sp³-hybridized carbons (Fsp3) is 0.167. The van der Waals surface area contributed by atoms with Crippen LogP contribution in [-0.2, 0) is 14.8 Å². The van der Waals surface area contributed by atoms with E-state index in [4.69, 9.17) is 9.47 Å². The van der Waals surface area contributed by atoms with E-state index in [2.05, 4.69) is 10.5 Å². The molecule has 0 fully saturated rings. The molecule has 0 radical (unpaired) electrons. The Morgan fingerprint density at radius 3 is 2.33 bits per heavy atom. The van der Waals surface area contributed by atoms with Crippen LogP contribution in [0.3, 0.4) is 0 Å². The SMILES string of the molecule is COc1ccc(OC)c(N(CC(=O)N/N=C\c2ccc(C)cc2)S(=O)(=O)c2ccccc2)c1. The number of amides is 1. The summed E-state index contributed by atoms with van der Waals surface area (Å²) in [6, 6.07) is 20.1. The standard InChI is InChI=1S/C24H25N3O5S/c1-18-9-11-19(12-10-18)16-25-26-24(28)17-27(33(29,30)21-7-5-4-6-8-21)22-15-20(31-2)13-14-23(22)32-3/h4-16H,17H2,1-3H3,(H,26,28)/b25-16-. The first-order chi connectivity index (χ1) is 15.8. The highest BCUT2D eigenvalue weighted by Gasteiger charge is 2.29. The summed E-state index contributed by atoms with van der Waals surface area (Å²) in [6.07, 6.45) is 1.49. The Labute approximate surface area is 193 Å². The molecule has 0 heterocycles. The molecule has 3 rings (SSSR count). The second-order valence-electron chi connectivity index (χ2n) is 7.07. The van der Waals surface area contributed by atoms with Gasteiger partial charge in [0.1, 0.15) is 18.0 Å². The zero-order valence-corrected chi connectivity index (χ0v) is 19.4. The highest BCUT2D eigenvalue weighted by Crippen LogP contribution is 2.35. The van der Waals surface area contributed by atoms with E-state index in [0.29, 0.717) is 5.75 Å². The molecule has 0 aliphatic carbocycles. The summed E-state index contributed by atoms with van der Waals surface area (Å²) >= 11 is 0. The van der Waals surface area contributed by atoms with Crippen LogP contribution in [0.2, 0.25) is 0 Å². The van der Waals surface area contributed by atoms with Gasteiger partial charge in [0, 0.05) is 6.07 Å². The predicted molar refractivity (Wildman–Crippen MR) is 127 cm³/mol. The second-order valence-corrected chi connectivity index (χ2v) is 8.93. The van der Waals surface area contributed by atoms with Crippen molar-refractivity contribution in [3.8, 4) is 11.5 Å². The monoisotopic (exact) mass is 467 g/mol. The number of hydrazone groups is 1. The number of carbonyl (C=O) groups excluding carboxylic acids is 1. The minimum atomic E-state index is -4.10. The molecule has 0 aromatic heterocycles. The van der Waals surface area contributed by atoms with E-state index in [1.807, 2.05) is 31.2 Å². The summed E-state index contributed by atoms with van der Waals surface area (Å²) < 4.78 is 38.5. The van der Waals surface area contributed by atoms with Gasteiger partial charge in [-0.15, -0.1) is 0 Å². The molecule has 33 heavy (non-hydrogen) atoms. The van der Waals surface area contributed by atoms with Crippen molar-refractivity contribution < 1.29 is 22.7 Å². The van der Waals surface area contributed by atoms with Gasteiger partial charge in [-0.25, -0.2) is 13.8 Å². The minimum absolute atomic E-state index is 0.0332. The minimum Gasteiger partial charge on any atom is -0.497 e. The lowest BCUT2D eigenvalue weighted by atomic mass is 10.2. The molecule has 0 atom stereocenters. The van der Waals surface area contributed by atoms with Crippen LogP contribution in [0.15, 0.2) is 82.8 Å². The number of hydrogen-bond acceptors (Lipinski definition) is 6. The van der Waals surface area contributed by atoms with E-state index in [0.717, 1.165) is 15.4 Å². The average molecular weight is 468 g/mol. The number of ether oxygens (including phenoxy) is 2. The van der Waals surface area contributed by atoms with Gasteiger partial charge in [0.2, 0.25) is 0 Å². The third-order valence-corrected chi connectivity index (χ3v) is 6.53. The maximum Gasteiger partial charge on any atom is 0.264 e. The number of methoxy groups -OCH3 is 2. The number of carbonyl (C=O) groups is 1. The van der Waals surface area contributed by atoms with Gasteiger partial charge in [0.05, 0.1) is 31.0 Å². The maximum atomic E-state index is 13.5. The van der Waals surface area contributed by atoms with Crippen LogP contribution in [0.25, 0.3) is 0 Å². The maximum absolute atomic E-state index is 13.5. The first-order valence-corrected chi connectivity index (χ1v) is 11.5. The van der Waals surface area contributed by atoms with Crippen LogP contribution < -0.4 is 19.2 Å². The third kappa shape index (κ3) is 5.89. The number of rotatable bonds is 9. The van der Waals surface area contributed by atoms with Crippen LogP contribution in [0.5, 0.6) is 11.5 Å². The predicted octanol–water partition coefficient (Wildman–Crippen LogP) is 3.36. The summed E-state index contributed by atoms with van der Waals surface area (Å²) in [7, 11) is -1.22. The Bertz CT molecular complexity index is 1230. The summed E-state index contributed by atoms with van der Waals surface area (Å²) in [4.78, 5) is 12.7. The second kappa shape index (κ2) is 10.6. The van der Waals surface area contributed by atoms with E-state index in [9.17, 15) is 13.2 Å². The Balaban J connectivity index is 1.92. The van der Waals surface area contributed by atoms with Crippen molar-refractivity contribution in [3.63, 3.8) is 0 Å². The molecule has 0 spiro atoms. The number of nitrogens with one attached hydrogen (secondary N) is 1. The van der Waals surface area contributed by atoms with Gasteiger partial charge >= 0.3 is 0 Å². The lowest BCUT2D eigenvalue weighted by Crippen LogP contribution is -2.39. The van der Waals surface area contributed by atoms with Gasteiger partial charge in [-0.3, -0.25) is 9.10 Å². The summed E-state index contributed by atoms with van der Waals surface area (Å²) in [6.45, 7) is 1.45. The largest absolute Gasteiger partial charge is 0.497 e. The first-order valence-electron chi connectivity index (χ1n) is 10.0. The lowest BCUT2D eigenvalue weighted by molar-refractivity contribution is -0.119. The van der Waals surface area contributed by atoms with Gasteiger partial charge in [-0.2, -0.15) is 5.10 Å². The summed E-state index contributed by atoms with van der Waals surface area (Å²) in [5.41, 5.74) is 4.45. The Morgan fingerprint density at radius 2 is 1.70 bits per heavy atom. The number of anilines is 1. The van der Waals surface area contributed by atoms with Gasteiger partial charge in [-0.05, 0) is 36.8 Å². The fourth-order valence-corrected chi connectivity index (χ4v) is 4.45. The number of sulfonamides is 1. The molecule has 172 valence electrons. The molecule has 3 aromatic carbocycles. The first kappa shape index (κ1) is 23.8. The third-order valence-electron chi connectivity index (χ3n) is 4.75. The molecule has 3 aromatic rings. The molecular weight excluding hydrogens is 442 g/mol. The zero-order valence-electron chi connectivity index (χ0n) is 18.6. The molecule has 0 saturated carbocycles. The number of hydrogen-bond donors (Lipinski definition) is 1. The van der Waals surface area contributed by atoms with Gasteiger partial charge < -0.3 is 9.47 Å². The average Bonchev–Trinajstić information content (AvgIpc) is 2.84. The van der Waals surface area contributed by atoms with Gasteiger partial charge in [-0.1, -0.05) is 48.0 Å². The van der Waals surface area contributed by atoms with Crippen LogP contribution in [0.1, 0.15) is 11.1 Å². The Hall–Kier alpha value is -3.85. The van der Waals surface area contributed by atoms with Crippen LogP contribution >= 0.6 is 0 Å². The molecule has 0 aliphatic rings. The van der Waals surface area contributed by atoms with Crippen molar-refractivity contribution >= 4 is 27.8 Å². The molecule has 8 nitrogen and oxygen atoms in total. The van der Waals surface area contributed by atoms with E-state index >= 15 is 0 Å². The molecule has 0 aliphatic heterocycles. The van der Waals surface area contributed by atoms with Crippen LogP contribution in [0, 0.1) is 6.92 Å². The number of nitrogens with zero attached hydrogens (tertiary/aromatic N) is 2. The molecule has 0 saturated heterocycles. The molecule has 1 amide bonds.